The van der Waals surface area contributed by atoms with Crippen molar-refractivity contribution in [2.45, 2.75) is 83.1 Å². The van der Waals surface area contributed by atoms with E-state index in [0.29, 0.717) is 23.0 Å². The van der Waals surface area contributed by atoms with Crippen LogP contribution in [0.25, 0.3) is 0 Å². The van der Waals surface area contributed by atoms with E-state index in [2.05, 4.69) is 83.1 Å². The molecule has 0 heterocycles. The molecule has 0 spiro atoms. The second-order valence-electron chi connectivity index (χ2n) is 12.2. The maximum Gasteiger partial charge on any atom is 2.00 e. The van der Waals surface area contributed by atoms with E-state index in [1.54, 1.807) is 0 Å². The fourth-order valence-corrected chi connectivity index (χ4v) is 13.7. The van der Waals surface area contributed by atoms with E-state index in [1.807, 2.05) is 0 Å². The zero-order valence-electron chi connectivity index (χ0n) is 21.7. The van der Waals surface area contributed by atoms with Crippen molar-refractivity contribution in [3.63, 3.8) is 0 Å². The first-order valence-electron chi connectivity index (χ1n) is 10.0. The van der Waals surface area contributed by atoms with Gasteiger partial charge in [0.05, 0.1) is 0 Å². The van der Waals surface area contributed by atoms with Crippen LogP contribution < -0.4 is 9.79 Å². The van der Waals surface area contributed by atoms with E-state index in [-0.39, 0.29) is 41.1 Å². The fourth-order valence-electron chi connectivity index (χ4n) is 1.17. The average Bonchev–Trinajstić information content (AvgIpc) is 2.46. The summed E-state index contributed by atoms with van der Waals surface area (Å²) in [7, 11) is 0. The quantitative estimate of drug-likeness (QED) is 0.204. The minimum absolute atomic E-state index is 0. The van der Waals surface area contributed by atoms with Gasteiger partial charge in [-0.1, -0.05) is 129 Å². The van der Waals surface area contributed by atoms with Crippen LogP contribution in [0.2, 0.25) is 0 Å². The second kappa shape index (κ2) is 14.8. The van der Waals surface area contributed by atoms with Crippen molar-refractivity contribution >= 4 is 57.1 Å². The summed E-state index contributed by atoms with van der Waals surface area (Å²) in [6.45, 7) is 24.6. The maximum atomic E-state index is 11.7. The SMILES string of the molecule is CC(C)(C)CSP(=O)([O-])SCC(C)(C)C.CC(C)(C)CSP(=O)([O-])SCC(C)(C)C.[Zn+2]. The topological polar surface area (TPSA) is 80.3 Å². The van der Waals surface area contributed by atoms with Crippen LogP contribution in [0.5, 0.6) is 0 Å². The Bertz CT molecular complexity index is 496. The van der Waals surface area contributed by atoms with Crippen LogP contribution in [-0.4, -0.2) is 23.0 Å². The third kappa shape index (κ3) is 32.4. The van der Waals surface area contributed by atoms with Gasteiger partial charge in [-0.05, 0) is 21.7 Å². The minimum atomic E-state index is -3.30. The molecule has 0 aliphatic carbocycles. The molecule has 0 aromatic rings. The maximum absolute atomic E-state index is 11.7. The van der Waals surface area contributed by atoms with E-state index in [9.17, 15) is 18.9 Å². The van der Waals surface area contributed by atoms with Gasteiger partial charge in [-0.2, -0.15) is 0 Å². The molecule has 0 aliphatic heterocycles. The Balaban J connectivity index is -0.000000490. The zero-order valence-corrected chi connectivity index (χ0v) is 29.7. The van der Waals surface area contributed by atoms with E-state index in [4.69, 9.17) is 0 Å². The summed E-state index contributed by atoms with van der Waals surface area (Å²) in [5.41, 5.74) is 0.250. The Morgan fingerprint density at radius 1 is 0.484 bits per heavy atom. The molecular formula is C20H44O4P2S4Zn. The van der Waals surface area contributed by atoms with Crippen molar-refractivity contribution in [3.05, 3.63) is 0 Å². The van der Waals surface area contributed by atoms with Crippen molar-refractivity contribution in [2.24, 2.45) is 21.7 Å². The Kier molecular flexibility index (Phi) is 18.2. The Morgan fingerprint density at radius 3 is 0.710 bits per heavy atom. The summed E-state index contributed by atoms with van der Waals surface area (Å²) in [5.74, 6) is -3.97. The van der Waals surface area contributed by atoms with Crippen molar-refractivity contribution in [1.29, 1.82) is 0 Å². The molecule has 0 aromatic heterocycles. The summed E-state index contributed by atoms with van der Waals surface area (Å²) in [6, 6.07) is 0. The van der Waals surface area contributed by atoms with Gasteiger partial charge in [-0.15, -0.1) is 0 Å². The van der Waals surface area contributed by atoms with Crippen molar-refractivity contribution in [3.8, 4) is 0 Å². The Labute approximate surface area is 221 Å². The van der Waals surface area contributed by atoms with Gasteiger partial charge in [0.1, 0.15) is 11.5 Å². The van der Waals surface area contributed by atoms with E-state index in [1.165, 1.54) is 0 Å². The van der Waals surface area contributed by atoms with Gasteiger partial charge in [0, 0.05) is 23.0 Å². The first-order valence-corrected chi connectivity index (χ1v) is 19.6. The molecule has 0 radical (unpaired) electrons. The molecular weight excluding hydrogens is 560 g/mol. The van der Waals surface area contributed by atoms with E-state index in [0.717, 1.165) is 45.5 Å². The summed E-state index contributed by atoms with van der Waals surface area (Å²) in [4.78, 5) is 23.4. The summed E-state index contributed by atoms with van der Waals surface area (Å²) < 4.78 is 23.4. The first kappa shape index (κ1) is 37.9. The molecule has 0 atom stereocenters. The number of hydrogen-bond donors (Lipinski definition) is 0. The van der Waals surface area contributed by atoms with Crippen LogP contribution >= 0.6 is 57.1 Å². The van der Waals surface area contributed by atoms with Crippen LogP contribution in [0.3, 0.4) is 0 Å². The van der Waals surface area contributed by atoms with Crippen LogP contribution in [0.1, 0.15) is 83.1 Å². The summed E-state index contributed by atoms with van der Waals surface area (Å²) in [5, 5.41) is 0. The fraction of sp³-hybridized carbons (Fsp3) is 1.00. The van der Waals surface area contributed by atoms with Gasteiger partial charge in [-0.3, -0.25) is 0 Å². The summed E-state index contributed by atoms with van der Waals surface area (Å²) >= 11 is 4.36. The monoisotopic (exact) mass is 602 g/mol. The van der Waals surface area contributed by atoms with Crippen LogP contribution in [0.15, 0.2) is 0 Å². The van der Waals surface area contributed by atoms with Crippen molar-refractivity contribution in [1.82, 2.24) is 0 Å². The van der Waals surface area contributed by atoms with Gasteiger partial charge >= 0.3 is 19.5 Å². The molecule has 0 amide bonds. The molecule has 0 rings (SSSR count). The van der Waals surface area contributed by atoms with Gasteiger partial charge in [-0.25, -0.2) is 0 Å². The van der Waals surface area contributed by atoms with Gasteiger partial charge < -0.3 is 18.9 Å². The van der Waals surface area contributed by atoms with Crippen LogP contribution in [0, 0.1) is 21.7 Å². The predicted molar refractivity (Wildman–Crippen MR) is 143 cm³/mol. The Morgan fingerprint density at radius 2 is 0.613 bits per heavy atom. The number of hydrogen-bond acceptors (Lipinski definition) is 8. The average molecular weight is 604 g/mol. The normalized spacial score (nSPS) is 13.9. The Hall–Kier alpha value is 2.40. The molecule has 0 aliphatic rings. The molecule has 0 saturated carbocycles. The standard InChI is InChI=1S/2C10H23O2PS2.Zn/c2*1-9(2,3)7-14-13(11,12)15-8-10(4,5)6;/h2*7-8H2,1-6H3,(H,11,12);/q;;+2/p-2. The van der Waals surface area contributed by atoms with Crippen molar-refractivity contribution < 1.29 is 38.4 Å². The van der Waals surface area contributed by atoms with Crippen molar-refractivity contribution in [2.75, 3.05) is 23.0 Å². The molecule has 31 heavy (non-hydrogen) atoms. The minimum Gasteiger partial charge on any atom is -0.784 e. The van der Waals surface area contributed by atoms with Crippen LogP contribution in [-0.2, 0) is 28.6 Å². The molecule has 0 unspecified atom stereocenters. The largest absolute Gasteiger partial charge is 2.00 e. The van der Waals surface area contributed by atoms with Gasteiger partial charge in [0.25, 0.3) is 0 Å². The molecule has 4 nitrogen and oxygen atoms in total. The molecule has 0 saturated heterocycles. The second-order valence-corrected chi connectivity index (χ2v) is 26.5. The van der Waals surface area contributed by atoms with Crippen LogP contribution in [0.4, 0.5) is 0 Å². The first-order chi connectivity index (χ1) is 12.8. The molecule has 0 bridgehead atoms. The van der Waals surface area contributed by atoms with E-state index >= 15 is 0 Å². The molecule has 0 N–H and O–H groups in total. The molecule has 0 aromatic carbocycles. The van der Waals surface area contributed by atoms with Gasteiger partial charge in [0.15, 0.2) is 0 Å². The number of rotatable bonds is 8. The van der Waals surface area contributed by atoms with Gasteiger partial charge in [0.2, 0.25) is 0 Å². The molecule has 0 fully saturated rings. The third-order valence-corrected chi connectivity index (χ3v) is 17.0. The van der Waals surface area contributed by atoms with E-state index < -0.39 is 11.5 Å². The molecule has 184 valence electrons. The predicted octanol–water partition coefficient (Wildman–Crippen LogP) is 8.02. The molecule has 11 heteroatoms. The summed E-state index contributed by atoms with van der Waals surface area (Å²) in [6.07, 6.45) is 0. The zero-order chi connectivity index (χ0) is 24.7. The smallest absolute Gasteiger partial charge is 0.784 e. The third-order valence-electron chi connectivity index (χ3n) is 2.62.